The Morgan fingerprint density at radius 1 is 1.24 bits per heavy atom. The lowest BCUT2D eigenvalue weighted by atomic mass is 9.78. The molecule has 3 heterocycles. The highest BCUT2D eigenvalue weighted by molar-refractivity contribution is 5.94. The summed E-state index contributed by atoms with van der Waals surface area (Å²) in [6, 6.07) is 5.80. The SMILES string of the molecule is Cc1cc(C(=O)N2CCC3(CCNC3)CC2)ccc1-n1cncn1.Cl. The first-order valence-electron chi connectivity index (χ1n) is 8.63. The number of rotatable bonds is 2. The maximum atomic E-state index is 12.8. The highest BCUT2D eigenvalue weighted by Gasteiger charge is 2.38. The van der Waals surface area contributed by atoms with Gasteiger partial charge in [0.1, 0.15) is 12.7 Å². The Morgan fingerprint density at radius 3 is 2.64 bits per heavy atom. The Hall–Kier alpha value is -1.92. The summed E-state index contributed by atoms with van der Waals surface area (Å²) in [4.78, 5) is 18.8. The van der Waals surface area contributed by atoms with E-state index in [1.807, 2.05) is 30.0 Å². The molecule has 134 valence electrons. The van der Waals surface area contributed by atoms with Gasteiger partial charge >= 0.3 is 0 Å². The van der Waals surface area contributed by atoms with Crippen LogP contribution in [-0.2, 0) is 0 Å². The number of hydrogen-bond acceptors (Lipinski definition) is 4. The molecule has 2 fully saturated rings. The molecule has 4 rings (SSSR count). The maximum Gasteiger partial charge on any atom is 0.253 e. The van der Waals surface area contributed by atoms with Crippen LogP contribution >= 0.6 is 12.4 Å². The molecular weight excluding hydrogens is 338 g/mol. The highest BCUT2D eigenvalue weighted by atomic mass is 35.5. The zero-order valence-electron chi connectivity index (χ0n) is 14.4. The summed E-state index contributed by atoms with van der Waals surface area (Å²) in [6.45, 7) is 5.97. The second-order valence-electron chi connectivity index (χ2n) is 7.06. The number of aromatic nitrogens is 3. The first-order valence-corrected chi connectivity index (χ1v) is 8.63. The number of aryl methyl sites for hydroxylation is 1. The molecule has 2 saturated heterocycles. The molecule has 1 aromatic carbocycles. The monoisotopic (exact) mass is 361 g/mol. The number of likely N-dealkylation sites (tertiary alicyclic amines) is 1. The topological polar surface area (TPSA) is 63.1 Å². The van der Waals surface area contributed by atoms with Crippen LogP contribution in [0.1, 0.15) is 35.2 Å². The van der Waals surface area contributed by atoms with Crippen molar-refractivity contribution in [1.82, 2.24) is 25.0 Å². The van der Waals surface area contributed by atoms with Gasteiger partial charge in [0.05, 0.1) is 5.69 Å². The zero-order chi connectivity index (χ0) is 16.6. The summed E-state index contributed by atoms with van der Waals surface area (Å²) in [7, 11) is 0. The molecule has 2 aliphatic rings. The first kappa shape index (κ1) is 17.9. The average molecular weight is 362 g/mol. The van der Waals surface area contributed by atoms with Crippen molar-refractivity contribution >= 4 is 18.3 Å². The zero-order valence-corrected chi connectivity index (χ0v) is 15.3. The molecule has 0 saturated carbocycles. The molecule has 0 radical (unpaired) electrons. The predicted molar refractivity (Wildman–Crippen MR) is 98.4 cm³/mol. The third kappa shape index (κ3) is 3.41. The Bertz CT molecular complexity index is 730. The Morgan fingerprint density at radius 2 is 2.04 bits per heavy atom. The molecule has 25 heavy (non-hydrogen) atoms. The van der Waals surface area contributed by atoms with E-state index < -0.39 is 0 Å². The fraction of sp³-hybridized carbons (Fsp3) is 0.500. The van der Waals surface area contributed by atoms with E-state index in [2.05, 4.69) is 15.4 Å². The molecule has 0 atom stereocenters. The van der Waals surface area contributed by atoms with E-state index in [0.29, 0.717) is 5.41 Å². The number of nitrogens with zero attached hydrogens (tertiary/aromatic N) is 4. The van der Waals surface area contributed by atoms with Crippen LogP contribution in [0.5, 0.6) is 0 Å². The number of carbonyl (C=O) groups is 1. The van der Waals surface area contributed by atoms with E-state index in [4.69, 9.17) is 0 Å². The van der Waals surface area contributed by atoms with Crippen molar-refractivity contribution in [3.05, 3.63) is 42.0 Å². The van der Waals surface area contributed by atoms with Gasteiger partial charge in [0.2, 0.25) is 0 Å². The number of piperidine rings is 1. The Labute approximate surface area is 154 Å². The highest BCUT2D eigenvalue weighted by Crippen LogP contribution is 2.37. The Balaban J connectivity index is 0.00000182. The van der Waals surface area contributed by atoms with Crippen molar-refractivity contribution in [3.8, 4) is 5.69 Å². The van der Waals surface area contributed by atoms with E-state index in [1.165, 1.54) is 12.7 Å². The molecule has 1 aromatic heterocycles. The number of nitrogens with one attached hydrogen (secondary N) is 1. The molecular formula is C18H24ClN5O. The van der Waals surface area contributed by atoms with E-state index in [-0.39, 0.29) is 18.3 Å². The first-order chi connectivity index (χ1) is 11.7. The van der Waals surface area contributed by atoms with Crippen molar-refractivity contribution in [1.29, 1.82) is 0 Å². The summed E-state index contributed by atoms with van der Waals surface area (Å²) >= 11 is 0. The minimum atomic E-state index is 0. The second-order valence-corrected chi connectivity index (χ2v) is 7.06. The molecule has 2 aliphatic heterocycles. The van der Waals surface area contributed by atoms with Gasteiger partial charge in [-0.1, -0.05) is 0 Å². The summed E-state index contributed by atoms with van der Waals surface area (Å²) in [5, 5.41) is 7.63. The molecule has 0 unspecified atom stereocenters. The summed E-state index contributed by atoms with van der Waals surface area (Å²) in [6.07, 6.45) is 6.66. The fourth-order valence-corrected chi connectivity index (χ4v) is 3.97. The van der Waals surface area contributed by atoms with Gasteiger partial charge in [-0.3, -0.25) is 4.79 Å². The quantitative estimate of drug-likeness (QED) is 0.890. The minimum absolute atomic E-state index is 0. The predicted octanol–water partition coefficient (Wildman–Crippen LogP) is 2.21. The van der Waals surface area contributed by atoms with Crippen LogP contribution in [0.25, 0.3) is 5.69 Å². The molecule has 2 aromatic rings. The molecule has 1 amide bonds. The fourth-order valence-electron chi connectivity index (χ4n) is 3.97. The third-order valence-corrected chi connectivity index (χ3v) is 5.55. The molecule has 6 nitrogen and oxygen atoms in total. The number of carbonyl (C=O) groups excluding carboxylic acids is 1. The Kier molecular flexibility index (Phi) is 5.11. The van der Waals surface area contributed by atoms with Gasteiger partial charge in [0, 0.05) is 25.2 Å². The molecule has 7 heteroatoms. The van der Waals surface area contributed by atoms with Gasteiger partial charge in [0.25, 0.3) is 5.91 Å². The smallest absolute Gasteiger partial charge is 0.253 e. The van der Waals surface area contributed by atoms with E-state index in [0.717, 1.165) is 55.8 Å². The van der Waals surface area contributed by atoms with Gasteiger partial charge in [-0.25, -0.2) is 9.67 Å². The van der Waals surface area contributed by atoms with Gasteiger partial charge in [0.15, 0.2) is 0 Å². The van der Waals surface area contributed by atoms with Crippen molar-refractivity contribution in [3.63, 3.8) is 0 Å². The average Bonchev–Trinajstić information content (AvgIpc) is 3.27. The van der Waals surface area contributed by atoms with Crippen LogP contribution < -0.4 is 5.32 Å². The molecule has 1 N–H and O–H groups in total. The van der Waals surface area contributed by atoms with Crippen molar-refractivity contribution < 1.29 is 4.79 Å². The van der Waals surface area contributed by atoms with Crippen LogP contribution in [0.4, 0.5) is 0 Å². The van der Waals surface area contributed by atoms with E-state index in [9.17, 15) is 4.79 Å². The van der Waals surface area contributed by atoms with Crippen LogP contribution in [0.2, 0.25) is 0 Å². The molecule has 0 bridgehead atoms. The van der Waals surface area contributed by atoms with Gasteiger partial charge in [-0.15, -0.1) is 12.4 Å². The lowest BCUT2D eigenvalue weighted by Gasteiger charge is -2.39. The molecule has 1 spiro atoms. The van der Waals surface area contributed by atoms with Gasteiger partial charge < -0.3 is 10.2 Å². The normalized spacial score (nSPS) is 19.0. The number of amides is 1. The number of benzene rings is 1. The van der Waals surface area contributed by atoms with Crippen molar-refractivity contribution in [2.75, 3.05) is 26.2 Å². The van der Waals surface area contributed by atoms with Crippen LogP contribution in [0.3, 0.4) is 0 Å². The maximum absolute atomic E-state index is 12.8. The van der Waals surface area contributed by atoms with Gasteiger partial charge in [-0.05, 0) is 61.9 Å². The lowest BCUT2D eigenvalue weighted by molar-refractivity contribution is 0.0607. The summed E-state index contributed by atoms with van der Waals surface area (Å²) < 4.78 is 1.72. The minimum Gasteiger partial charge on any atom is -0.339 e. The summed E-state index contributed by atoms with van der Waals surface area (Å²) in [5.41, 5.74) is 3.18. The second kappa shape index (κ2) is 7.14. The van der Waals surface area contributed by atoms with Crippen LogP contribution in [0.15, 0.2) is 30.9 Å². The van der Waals surface area contributed by atoms with E-state index in [1.54, 1.807) is 11.0 Å². The van der Waals surface area contributed by atoms with Crippen molar-refractivity contribution in [2.24, 2.45) is 5.41 Å². The largest absolute Gasteiger partial charge is 0.339 e. The van der Waals surface area contributed by atoms with Crippen LogP contribution in [-0.4, -0.2) is 51.8 Å². The molecule has 0 aliphatic carbocycles. The third-order valence-electron chi connectivity index (χ3n) is 5.55. The van der Waals surface area contributed by atoms with Crippen LogP contribution in [0, 0.1) is 12.3 Å². The summed E-state index contributed by atoms with van der Waals surface area (Å²) in [5.74, 6) is 0.143. The standard InChI is InChI=1S/C18H23N5O.ClH/c1-14-10-15(2-3-16(14)23-13-20-12-21-23)17(24)22-8-5-18(6-9-22)4-7-19-11-18;/h2-3,10,12-13,19H,4-9,11H2,1H3;1H. The number of hydrogen-bond donors (Lipinski definition) is 1. The van der Waals surface area contributed by atoms with Crippen molar-refractivity contribution in [2.45, 2.75) is 26.2 Å². The number of halogens is 1. The van der Waals surface area contributed by atoms with E-state index >= 15 is 0 Å². The van der Waals surface area contributed by atoms with Gasteiger partial charge in [-0.2, -0.15) is 5.10 Å². The lowest BCUT2D eigenvalue weighted by Crippen LogP contribution is -2.44.